The highest BCUT2D eigenvalue weighted by molar-refractivity contribution is 5.26. The zero-order valence-electron chi connectivity index (χ0n) is 9.30. The van der Waals surface area contributed by atoms with Gasteiger partial charge in [-0.3, -0.25) is 5.32 Å². The van der Waals surface area contributed by atoms with Crippen LogP contribution in [0.1, 0.15) is 25.5 Å². The fourth-order valence-electron chi connectivity index (χ4n) is 1.32. The first-order valence-corrected chi connectivity index (χ1v) is 5.13. The van der Waals surface area contributed by atoms with Gasteiger partial charge in [0, 0.05) is 5.56 Å². The lowest BCUT2D eigenvalue weighted by Gasteiger charge is -2.14. The number of rotatable bonds is 4. The Balaban J connectivity index is 2.88. The minimum atomic E-state index is -0.953. The SMILES string of the molecule is CC(C)CNC(C#N)c1cccc(F)c1F. The molecule has 0 aromatic heterocycles. The highest BCUT2D eigenvalue weighted by atomic mass is 19.2. The van der Waals surface area contributed by atoms with Gasteiger partial charge in [0.2, 0.25) is 0 Å². The Morgan fingerprint density at radius 1 is 1.38 bits per heavy atom. The molecule has 0 saturated carbocycles. The summed E-state index contributed by atoms with van der Waals surface area (Å²) in [5.74, 6) is -1.54. The van der Waals surface area contributed by atoms with Crippen LogP contribution in [0, 0.1) is 28.9 Å². The summed E-state index contributed by atoms with van der Waals surface area (Å²) < 4.78 is 26.4. The molecular formula is C12H14F2N2. The molecule has 1 aromatic carbocycles. The van der Waals surface area contributed by atoms with Crippen molar-refractivity contribution >= 4 is 0 Å². The first-order valence-electron chi connectivity index (χ1n) is 5.13. The van der Waals surface area contributed by atoms with Crippen molar-refractivity contribution in [1.29, 1.82) is 5.26 Å². The molecule has 0 radical (unpaired) electrons. The van der Waals surface area contributed by atoms with Crippen molar-refractivity contribution in [2.45, 2.75) is 19.9 Å². The Kier molecular flexibility index (Phi) is 4.39. The Bertz CT molecular complexity index is 396. The lowest BCUT2D eigenvalue weighted by atomic mass is 10.1. The number of hydrogen-bond acceptors (Lipinski definition) is 2. The van der Waals surface area contributed by atoms with Gasteiger partial charge in [0.15, 0.2) is 11.6 Å². The van der Waals surface area contributed by atoms with Crippen LogP contribution in [0.25, 0.3) is 0 Å². The van der Waals surface area contributed by atoms with Crippen LogP contribution in [0.3, 0.4) is 0 Å². The van der Waals surface area contributed by atoms with Crippen LogP contribution >= 0.6 is 0 Å². The van der Waals surface area contributed by atoms with E-state index in [0.717, 1.165) is 6.07 Å². The average Bonchev–Trinajstić information content (AvgIpc) is 2.24. The van der Waals surface area contributed by atoms with E-state index >= 15 is 0 Å². The number of benzene rings is 1. The summed E-state index contributed by atoms with van der Waals surface area (Å²) >= 11 is 0. The molecule has 4 heteroatoms. The Morgan fingerprint density at radius 2 is 2.06 bits per heavy atom. The topological polar surface area (TPSA) is 35.8 Å². The first kappa shape index (κ1) is 12.6. The molecule has 0 amide bonds. The quantitative estimate of drug-likeness (QED) is 0.853. The molecule has 0 bridgehead atoms. The van der Waals surface area contributed by atoms with Crippen molar-refractivity contribution in [1.82, 2.24) is 5.32 Å². The van der Waals surface area contributed by atoms with Crippen LogP contribution in [0.5, 0.6) is 0 Å². The smallest absolute Gasteiger partial charge is 0.164 e. The number of nitrogens with zero attached hydrogens (tertiary/aromatic N) is 1. The minimum absolute atomic E-state index is 0.0585. The van der Waals surface area contributed by atoms with Gasteiger partial charge in [0.25, 0.3) is 0 Å². The van der Waals surface area contributed by atoms with Gasteiger partial charge in [-0.1, -0.05) is 26.0 Å². The first-order chi connectivity index (χ1) is 7.56. The highest BCUT2D eigenvalue weighted by Crippen LogP contribution is 2.18. The van der Waals surface area contributed by atoms with Crippen molar-refractivity contribution < 1.29 is 8.78 Å². The van der Waals surface area contributed by atoms with Gasteiger partial charge in [-0.15, -0.1) is 0 Å². The van der Waals surface area contributed by atoms with Crippen LogP contribution in [-0.4, -0.2) is 6.54 Å². The van der Waals surface area contributed by atoms with E-state index in [1.807, 2.05) is 19.9 Å². The van der Waals surface area contributed by atoms with Crippen molar-refractivity contribution in [3.05, 3.63) is 35.4 Å². The van der Waals surface area contributed by atoms with E-state index in [9.17, 15) is 8.78 Å². The van der Waals surface area contributed by atoms with E-state index < -0.39 is 17.7 Å². The van der Waals surface area contributed by atoms with Gasteiger partial charge in [-0.25, -0.2) is 8.78 Å². The third-order valence-electron chi connectivity index (χ3n) is 2.15. The van der Waals surface area contributed by atoms with Gasteiger partial charge in [-0.2, -0.15) is 5.26 Å². The molecule has 0 aliphatic rings. The van der Waals surface area contributed by atoms with E-state index in [0.29, 0.717) is 12.5 Å². The zero-order valence-corrected chi connectivity index (χ0v) is 9.30. The van der Waals surface area contributed by atoms with Gasteiger partial charge < -0.3 is 0 Å². The highest BCUT2D eigenvalue weighted by Gasteiger charge is 2.17. The normalized spacial score (nSPS) is 12.5. The molecule has 2 nitrogen and oxygen atoms in total. The van der Waals surface area contributed by atoms with Crippen molar-refractivity contribution in [2.75, 3.05) is 6.54 Å². The van der Waals surface area contributed by atoms with E-state index in [-0.39, 0.29) is 5.56 Å². The van der Waals surface area contributed by atoms with Crippen molar-refractivity contribution in [3.8, 4) is 6.07 Å². The maximum Gasteiger partial charge on any atom is 0.164 e. The second kappa shape index (κ2) is 5.57. The number of hydrogen-bond donors (Lipinski definition) is 1. The largest absolute Gasteiger partial charge is 0.298 e. The maximum atomic E-state index is 13.4. The molecule has 1 rings (SSSR count). The third-order valence-corrected chi connectivity index (χ3v) is 2.15. The summed E-state index contributed by atoms with van der Waals surface area (Å²) in [7, 11) is 0. The minimum Gasteiger partial charge on any atom is -0.298 e. The summed E-state index contributed by atoms with van der Waals surface area (Å²) in [5, 5.41) is 11.8. The average molecular weight is 224 g/mol. The third kappa shape index (κ3) is 3.01. The second-order valence-corrected chi connectivity index (χ2v) is 4.01. The molecule has 0 aliphatic carbocycles. The predicted molar refractivity (Wildman–Crippen MR) is 57.6 cm³/mol. The lowest BCUT2D eigenvalue weighted by molar-refractivity contribution is 0.472. The molecule has 0 saturated heterocycles. The van der Waals surface area contributed by atoms with Gasteiger partial charge in [0.05, 0.1) is 6.07 Å². The molecule has 0 aliphatic heterocycles. The van der Waals surface area contributed by atoms with E-state index in [1.165, 1.54) is 12.1 Å². The molecule has 1 unspecified atom stereocenters. The molecule has 0 heterocycles. The molecule has 0 spiro atoms. The Hall–Kier alpha value is -1.47. The van der Waals surface area contributed by atoms with E-state index in [2.05, 4.69) is 5.32 Å². The molecule has 1 N–H and O–H groups in total. The number of nitriles is 1. The Labute approximate surface area is 93.9 Å². The van der Waals surface area contributed by atoms with Gasteiger partial charge in [0.1, 0.15) is 6.04 Å². The van der Waals surface area contributed by atoms with Crippen LogP contribution in [-0.2, 0) is 0 Å². The van der Waals surface area contributed by atoms with Gasteiger partial charge in [-0.05, 0) is 18.5 Å². The molecule has 16 heavy (non-hydrogen) atoms. The van der Waals surface area contributed by atoms with Crippen molar-refractivity contribution in [3.63, 3.8) is 0 Å². The summed E-state index contributed by atoms with van der Waals surface area (Å²) in [6.07, 6.45) is 0. The van der Waals surface area contributed by atoms with Crippen LogP contribution < -0.4 is 5.32 Å². The number of nitrogens with one attached hydrogen (secondary N) is 1. The van der Waals surface area contributed by atoms with Crippen LogP contribution in [0.2, 0.25) is 0 Å². The standard InChI is InChI=1S/C12H14F2N2/c1-8(2)7-16-11(6-15)9-4-3-5-10(13)12(9)14/h3-5,8,11,16H,7H2,1-2H3. The van der Waals surface area contributed by atoms with E-state index in [1.54, 1.807) is 0 Å². The second-order valence-electron chi connectivity index (χ2n) is 4.01. The Morgan fingerprint density at radius 3 is 2.62 bits per heavy atom. The van der Waals surface area contributed by atoms with Crippen LogP contribution in [0.15, 0.2) is 18.2 Å². The monoisotopic (exact) mass is 224 g/mol. The maximum absolute atomic E-state index is 13.4. The molecular weight excluding hydrogens is 210 g/mol. The fraction of sp³-hybridized carbons (Fsp3) is 0.417. The summed E-state index contributed by atoms with van der Waals surface area (Å²) in [6, 6.07) is 4.97. The number of halogens is 2. The molecule has 86 valence electrons. The summed E-state index contributed by atoms with van der Waals surface area (Å²) in [6.45, 7) is 4.53. The lowest BCUT2D eigenvalue weighted by Crippen LogP contribution is -2.25. The van der Waals surface area contributed by atoms with Crippen LogP contribution in [0.4, 0.5) is 8.78 Å². The molecule has 0 fully saturated rings. The molecule has 1 atom stereocenters. The predicted octanol–water partition coefficient (Wildman–Crippen LogP) is 2.78. The van der Waals surface area contributed by atoms with Crippen molar-refractivity contribution in [2.24, 2.45) is 5.92 Å². The fourth-order valence-corrected chi connectivity index (χ4v) is 1.32. The zero-order chi connectivity index (χ0) is 12.1. The van der Waals surface area contributed by atoms with E-state index in [4.69, 9.17) is 5.26 Å². The summed E-state index contributed by atoms with van der Waals surface area (Å²) in [5.41, 5.74) is 0.0585. The molecule has 1 aromatic rings. The van der Waals surface area contributed by atoms with Gasteiger partial charge >= 0.3 is 0 Å². The summed E-state index contributed by atoms with van der Waals surface area (Å²) in [4.78, 5) is 0.